The maximum atomic E-state index is 12.2. The molecule has 0 unspecified atom stereocenters. The van der Waals surface area contributed by atoms with Crippen molar-refractivity contribution in [2.75, 3.05) is 5.32 Å². The molecule has 0 atom stereocenters. The normalized spacial score (nSPS) is 10.8. The van der Waals surface area contributed by atoms with Gasteiger partial charge in [-0.2, -0.15) is 0 Å². The van der Waals surface area contributed by atoms with Crippen molar-refractivity contribution in [2.24, 2.45) is 14.1 Å². The minimum absolute atomic E-state index is 0.0812. The Kier molecular flexibility index (Phi) is 4.12. The summed E-state index contributed by atoms with van der Waals surface area (Å²) in [6.07, 6.45) is 1.31. The summed E-state index contributed by atoms with van der Waals surface area (Å²) < 4.78 is 3.57. The second-order valence-electron chi connectivity index (χ2n) is 5.60. The summed E-state index contributed by atoms with van der Waals surface area (Å²) in [7, 11) is 2.83. The molecule has 3 rings (SSSR count). The number of rotatable bonds is 4. The number of aryl methyl sites for hydroxylation is 1. The van der Waals surface area contributed by atoms with Gasteiger partial charge in [0.1, 0.15) is 12.2 Å². The lowest BCUT2D eigenvalue weighted by molar-refractivity contribution is -0.384. The smallest absolute Gasteiger partial charge is 0.325 e. The van der Waals surface area contributed by atoms with Crippen LogP contribution in [-0.4, -0.2) is 29.5 Å². The Hall–Kier alpha value is -3.76. The van der Waals surface area contributed by atoms with Crippen molar-refractivity contribution in [1.29, 1.82) is 0 Å². The summed E-state index contributed by atoms with van der Waals surface area (Å²) in [6.45, 7) is -0.187. The second kappa shape index (κ2) is 6.27. The topological polar surface area (TPSA) is 134 Å². The molecule has 0 saturated heterocycles. The van der Waals surface area contributed by atoms with Crippen LogP contribution in [0.4, 0.5) is 11.4 Å². The average Bonchev–Trinajstić information content (AvgIpc) is 3.02. The number of nitrogens with zero attached hydrogens (tertiary/aromatic N) is 5. The molecule has 1 N–H and O–H groups in total. The van der Waals surface area contributed by atoms with Crippen LogP contribution in [0.3, 0.4) is 0 Å². The van der Waals surface area contributed by atoms with Crippen molar-refractivity contribution in [1.82, 2.24) is 18.7 Å². The Morgan fingerprint density at radius 2 is 1.85 bits per heavy atom. The van der Waals surface area contributed by atoms with Gasteiger partial charge in [0, 0.05) is 31.9 Å². The predicted molar refractivity (Wildman–Crippen MR) is 91.9 cm³/mol. The summed E-state index contributed by atoms with van der Waals surface area (Å²) in [6, 6.07) is 5.37. The van der Waals surface area contributed by atoms with Crippen LogP contribution in [0.5, 0.6) is 0 Å². The molecule has 3 aromatic rings. The van der Waals surface area contributed by atoms with E-state index in [1.807, 2.05) is 0 Å². The van der Waals surface area contributed by atoms with Gasteiger partial charge in [0.05, 0.1) is 11.3 Å². The molecule has 134 valence electrons. The molecule has 0 radical (unpaired) electrons. The molecule has 2 aromatic heterocycles. The second-order valence-corrected chi connectivity index (χ2v) is 5.60. The Balaban J connectivity index is 1.87. The highest BCUT2D eigenvalue weighted by molar-refractivity contribution is 5.91. The van der Waals surface area contributed by atoms with Crippen LogP contribution in [0.2, 0.25) is 0 Å². The Morgan fingerprint density at radius 3 is 2.46 bits per heavy atom. The van der Waals surface area contributed by atoms with Crippen molar-refractivity contribution in [3.05, 3.63) is 61.5 Å². The van der Waals surface area contributed by atoms with E-state index in [1.54, 1.807) is 0 Å². The van der Waals surface area contributed by atoms with Crippen LogP contribution in [0.25, 0.3) is 11.2 Å². The van der Waals surface area contributed by atoms with E-state index in [9.17, 15) is 24.5 Å². The molecule has 1 amide bonds. The van der Waals surface area contributed by atoms with Crippen LogP contribution in [0.1, 0.15) is 0 Å². The zero-order valence-corrected chi connectivity index (χ0v) is 13.9. The number of benzene rings is 1. The van der Waals surface area contributed by atoms with Gasteiger partial charge in [-0.25, -0.2) is 9.78 Å². The standard InChI is InChI=1S/C15H14N6O5/c1-18-13-12(14(23)19(2)15(18)24)16-8-20(13)7-11(22)17-9-3-5-10(6-4-9)21(25)26/h3-6,8H,7H2,1-2H3,(H,17,22). The van der Waals surface area contributed by atoms with Gasteiger partial charge in [-0.3, -0.25) is 28.8 Å². The summed E-state index contributed by atoms with van der Waals surface area (Å²) in [5.41, 5.74) is -0.461. The first-order valence-electron chi connectivity index (χ1n) is 7.44. The number of anilines is 1. The van der Waals surface area contributed by atoms with E-state index < -0.39 is 22.1 Å². The number of nitrogens with one attached hydrogen (secondary N) is 1. The fourth-order valence-electron chi connectivity index (χ4n) is 2.58. The fraction of sp³-hybridized carbons (Fsp3) is 0.200. The van der Waals surface area contributed by atoms with Crippen LogP contribution >= 0.6 is 0 Å². The third-order valence-electron chi connectivity index (χ3n) is 3.88. The Bertz CT molecular complexity index is 1140. The summed E-state index contributed by atoms with van der Waals surface area (Å²) in [5, 5.41) is 13.2. The van der Waals surface area contributed by atoms with E-state index in [4.69, 9.17) is 0 Å². The van der Waals surface area contributed by atoms with Gasteiger partial charge in [0.15, 0.2) is 5.52 Å². The van der Waals surface area contributed by atoms with Crippen LogP contribution < -0.4 is 16.6 Å². The number of nitro groups is 1. The molecule has 2 heterocycles. The number of hydrogen-bond donors (Lipinski definition) is 1. The molecule has 1 aromatic carbocycles. The fourth-order valence-corrected chi connectivity index (χ4v) is 2.58. The number of hydrogen-bond acceptors (Lipinski definition) is 6. The first-order valence-corrected chi connectivity index (χ1v) is 7.44. The van der Waals surface area contributed by atoms with Crippen molar-refractivity contribution >= 4 is 28.4 Å². The maximum Gasteiger partial charge on any atom is 0.332 e. The molecule has 26 heavy (non-hydrogen) atoms. The van der Waals surface area contributed by atoms with Crippen molar-refractivity contribution in [2.45, 2.75) is 6.54 Å². The van der Waals surface area contributed by atoms with Crippen LogP contribution in [-0.2, 0) is 25.4 Å². The van der Waals surface area contributed by atoms with Crippen molar-refractivity contribution < 1.29 is 9.72 Å². The molecule has 0 spiro atoms. The van der Waals surface area contributed by atoms with Gasteiger partial charge in [0.2, 0.25) is 5.91 Å². The van der Waals surface area contributed by atoms with Gasteiger partial charge >= 0.3 is 5.69 Å². The monoisotopic (exact) mass is 358 g/mol. The highest BCUT2D eigenvalue weighted by atomic mass is 16.6. The average molecular weight is 358 g/mol. The largest absolute Gasteiger partial charge is 0.332 e. The van der Waals surface area contributed by atoms with E-state index in [1.165, 1.54) is 53.8 Å². The summed E-state index contributed by atoms with van der Waals surface area (Å²) in [4.78, 5) is 50.5. The number of imidazole rings is 1. The molecule has 0 fully saturated rings. The third-order valence-corrected chi connectivity index (χ3v) is 3.88. The first kappa shape index (κ1) is 17.1. The van der Waals surface area contributed by atoms with E-state index in [2.05, 4.69) is 10.3 Å². The molecular weight excluding hydrogens is 344 g/mol. The lowest BCUT2D eigenvalue weighted by Crippen LogP contribution is -2.37. The van der Waals surface area contributed by atoms with Gasteiger partial charge in [-0.15, -0.1) is 0 Å². The van der Waals surface area contributed by atoms with Gasteiger partial charge < -0.3 is 9.88 Å². The Labute approximate surface area is 145 Å². The zero-order valence-electron chi connectivity index (χ0n) is 13.9. The molecule has 0 aliphatic carbocycles. The minimum atomic E-state index is -0.544. The van der Waals surface area contributed by atoms with Gasteiger partial charge in [0.25, 0.3) is 11.2 Å². The lowest BCUT2D eigenvalue weighted by Gasteiger charge is -2.09. The summed E-state index contributed by atoms with van der Waals surface area (Å²) >= 11 is 0. The van der Waals surface area contributed by atoms with Gasteiger partial charge in [-0.05, 0) is 12.1 Å². The molecule has 0 aliphatic rings. The molecule has 0 saturated carbocycles. The van der Waals surface area contributed by atoms with Crippen molar-refractivity contribution in [3.63, 3.8) is 0 Å². The molecule has 0 bridgehead atoms. The van der Waals surface area contributed by atoms with Crippen LogP contribution in [0.15, 0.2) is 40.2 Å². The number of nitro benzene ring substituents is 1. The molecular formula is C15H14N6O5. The van der Waals surface area contributed by atoms with E-state index in [-0.39, 0.29) is 23.4 Å². The number of non-ortho nitro benzene ring substituents is 1. The molecule has 11 nitrogen and oxygen atoms in total. The quantitative estimate of drug-likeness (QED) is 0.514. The van der Waals surface area contributed by atoms with Crippen molar-refractivity contribution in [3.8, 4) is 0 Å². The predicted octanol–water partition coefficient (Wildman–Crippen LogP) is -0.0194. The SMILES string of the molecule is Cn1c(=O)c2ncn(CC(=O)Nc3ccc([N+](=O)[O-])cc3)c2n(C)c1=O. The van der Waals surface area contributed by atoms with Crippen LogP contribution in [0, 0.1) is 10.1 Å². The van der Waals surface area contributed by atoms with Gasteiger partial charge in [-0.1, -0.05) is 0 Å². The maximum absolute atomic E-state index is 12.2. The zero-order chi connectivity index (χ0) is 19.0. The highest BCUT2D eigenvalue weighted by Gasteiger charge is 2.16. The van der Waals surface area contributed by atoms with E-state index in [0.717, 1.165) is 4.57 Å². The minimum Gasteiger partial charge on any atom is -0.325 e. The third kappa shape index (κ3) is 2.85. The van der Waals surface area contributed by atoms with E-state index in [0.29, 0.717) is 5.69 Å². The Morgan fingerprint density at radius 1 is 1.19 bits per heavy atom. The highest BCUT2D eigenvalue weighted by Crippen LogP contribution is 2.15. The molecule has 0 aliphatic heterocycles. The number of amides is 1. The summed E-state index contributed by atoms with van der Waals surface area (Å²) in [5.74, 6) is -0.439. The first-order chi connectivity index (χ1) is 12.3. The lowest BCUT2D eigenvalue weighted by atomic mass is 10.3. The number of aromatic nitrogens is 4. The number of fused-ring (bicyclic) bond motifs is 1. The number of carbonyl (C=O) groups excluding carboxylic acids is 1. The number of carbonyl (C=O) groups is 1. The molecule has 11 heteroatoms. The van der Waals surface area contributed by atoms with E-state index >= 15 is 0 Å².